The second-order valence-corrected chi connectivity index (χ2v) is 5.35. The summed E-state index contributed by atoms with van der Waals surface area (Å²) in [7, 11) is 1.64. The monoisotopic (exact) mass is 350 g/mol. The zero-order valence-corrected chi connectivity index (χ0v) is 14.0. The van der Waals surface area contributed by atoms with E-state index in [2.05, 4.69) is 32.3 Å². The number of hydrogen-bond donors (Lipinski definition) is 1. The molecule has 0 saturated heterocycles. The van der Waals surface area contributed by atoms with Crippen LogP contribution in [0.2, 0.25) is 0 Å². The fraction of sp³-hybridized carbons (Fsp3) is 0.312. The van der Waals surface area contributed by atoms with Gasteiger partial charge in [-0.3, -0.25) is 0 Å². The minimum absolute atomic E-state index is 0.614. The van der Waals surface area contributed by atoms with Crippen LogP contribution in [0.4, 0.5) is 5.69 Å². The molecule has 2 rings (SSSR count). The molecule has 1 aromatic carbocycles. The average Bonchev–Trinajstić information content (AvgIpc) is 2.49. The van der Waals surface area contributed by atoms with Crippen molar-refractivity contribution in [1.29, 1.82) is 0 Å². The third-order valence-corrected chi connectivity index (χ3v) is 3.87. The molecule has 0 aliphatic carbocycles. The number of halogens is 1. The summed E-state index contributed by atoms with van der Waals surface area (Å²) in [4.78, 5) is 4.27. The normalized spacial score (nSPS) is 10.3. The maximum atomic E-state index is 5.58. The van der Waals surface area contributed by atoms with Gasteiger partial charge in [0.1, 0.15) is 4.60 Å². The van der Waals surface area contributed by atoms with Gasteiger partial charge in [0.05, 0.1) is 25.6 Å². The molecule has 0 spiro atoms. The highest BCUT2D eigenvalue weighted by Gasteiger charge is 2.05. The Morgan fingerprint density at radius 2 is 2.05 bits per heavy atom. The van der Waals surface area contributed by atoms with E-state index in [9.17, 15) is 0 Å². The number of aryl methyl sites for hydroxylation is 1. The number of rotatable bonds is 6. The minimum Gasteiger partial charge on any atom is -0.493 e. The van der Waals surface area contributed by atoms with Crippen molar-refractivity contribution in [1.82, 2.24) is 4.98 Å². The van der Waals surface area contributed by atoms with Gasteiger partial charge >= 0.3 is 0 Å². The zero-order chi connectivity index (χ0) is 15.2. The summed E-state index contributed by atoms with van der Waals surface area (Å²) in [5.41, 5.74) is 3.22. The Morgan fingerprint density at radius 1 is 1.24 bits per heavy atom. The van der Waals surface area contributed by atoms with Gasteiger partial charge in [0.15, 0.2) is 11.5 Å². The van der Waals surface area contributed by atoms with Gasteiger partial charge in [0.2, 0.25) is 0 Å². The predicted octanol–water partition coefficient (Wildman–Crippen LogP) is 4.17. The fourth-order valence-electron chi connectivity index (χ4n) is 1.96. The average molecular weight is 351 g/mol. The summed E-state index contributed by atoms with van der Waals surface area (Å²) in [6.07, 6.45) is 1.81. The Bertz CT molecular complexity index is 617. The maximum absolute atomic E-state index is 5.58. The van der Waals surface area contributed by atoms with Crippen molar-refractivity contribution in [3.8, 4) is 11.5 Å². The Labute approximate surface area is 133 Å². The molecule has 0 fully saturated rings. The third-order valence-electron chi connectivity index (χ3n) is 3.04. The topological polar surface area (TPSA) is 43.4 Å². The number of methoxy groups -OCH3 is 1. The quantitative estimate of drug-likeness (QED) is 0.794. The molecule has 4 nitrogen and oxygen atoms in total. The highest BCUT2D eigenvalue weighted by atomic mass is 79.9. The van der Waals surface area contributed by atoms with E-state index in [1.165, 1.54) is 0 Å². The highest BCUT2D eigenvalue weighted by Crippen LogP contribution is 2.28. The van der Waals surface area contributed by atoms with Crippen LogP contribution in [0.25, 0.3) is 0 Å². The van der Waals surface area contributed by atoms with Crippen LogP contribution in [0.3, 0.4) is 0 Å². The van der Waals surface area contributed by atoms with E-state index in [4.69, 9.17) is 9.47 Å². The molecule has 1 N–H and O–H groups in total. The molecule has 0 radical (unpaired) electrons. The van der Waals surface area contributed by atoms with E-state index in [0.717, 1.165) is 32.9 Å². The first-order chi connectivity index (χ1) is 10.1. The second kappa shape index (κ2) is 7.31. The fourth-order valence-corrected chi connectivity index (χ4v) is 2.18. The molecule has 1 aromatic heterocycles. The van der Waals surface area contributed by atoms with E-state index in [1.807, 2.05) is 38.2 Å². The Kier molecular flexibility index (Phi) is 5.44. The number of benzene rings is 1. The summed E-state index contributed by atoms with van der Waals surface area (Å²) in [6, 6.07) is 8.00. The molecule has 0 bridgehead atoms. The lowest BCUT2D eigenvalue weighted by Gasteiger charge is -2.12. The number of hydrogen-bond acceptors (Lipinski definition) is 4. The van der Waals surface area contributed by atoms with Crippen LogP contribution in [0.5, 0.6) is 11.5 Å². The SMILES string of the molecule is CCOc1cc(CNc2cnc(Br)c(C)c2)ccc1OC. The first kappa shape index (κ1) is 15.6. The summed E-state index contributed by atoms with van der Waals surface area (Å²) in [5.74, 6) is 1.52. The number of nitrogens with one attached hydrogen (secondary N) is 1. The van der Waals surface area contributed by atoms with Crippen molar-refractivity contribution >= 4 is 21.6 Å². The number of anilines is 1. The molecular formula is C16H19BrN2O2. The third kappa shape index (κ3) is 4.11. The smallest absolute Gasteiger partial charge is 0.161 e. The van der Waals surface area contributed by atoms with Gasteiger partial charge in [-0.05, 0) is 59.1 Å². The van der Waals surface area contributed by atoms with Gasteiger partial charge in [0, 0.05) is 6.54 Å². The maximum Gasteiger partial charge on any atom is 0.161 e. The van der Waals surface area contributed by atoms with Gasteiger partial charge in [-0.2, -0.15) is 0 Å². The Hall–Kier alpha value is -1.75. The van der Waals surface area contributed by atoms with E-state index in [1.54, 1.807) is 7.11 Å². The summed E-state index contributed by atoms with van der Waals surface area (Å²) >= 11 is 3.40. The number of aromatic nitrogens is 1. The molecular weight excluding hydrogens is 332 g/mol. The molecule has 1 heterocycles. The molecule has 2 aromatic rings. The van der Waals surface area contributed by atoms with Crippen LogP contribution in [-0.4, -0.2) is 18.7 Å². The van der Waals surface area contributed by atoms with Crippen molar-refractivity contribution in [2.75, 3.05) is 19.0 Å². The molecule has 112 valence electrons. The lowest BCUT2D eigenvalue weighted by molar-refractivity contribution is 0.310. The van der Waals surface area contributed by atoms with E-state index in [0.29, 0.717) is 13.2 Å². The molecule has 21 heavy (non-hydrogen) atoms. The summed E-state index contributed by atoms with van der Waals surface area (Å²) in [6.45, 7) is 5.29. The van der Waals surface area contributed by atoms with Crippen molar-refractivity contribution < 1.29 is 9.47 Å². The number of nitrogens with zero attached hydrogens (tertiary/aromatic N) is 1. The first-order valence-electron chi connectivity index (χ1n) is 6.79. The molecule has 0 aliphatic rings. The Balaban J connectivity index is 2.08. The molecule has 0 unspecified atom stereocenters. The number of ether oxygens (including phenoxy) is 2. The summed E-state index contributed by atoms with van der Waals surface area (Å²) < 4.78 is 11.7. The van der Waals surface area contributed by atoms with Gasteiger partial charge < -0.3 is 14.8 Å². The summed E-state index contributed by atoms with van der Waals surface area (Å²) in [5, 5.41) is 3.36. The van der Waals surface area contributed by atoms with Crippen molar-refractivity contribution in [3.05, 3.63) is 46.2 Å². The van der Waals surface area contributed by atoms with Crippen LogP contribution in [0.1, 0.15) is 18.1 Å². The van der Waals surface area contributed by atoms with Crippen molar-refractivity contribution in [2.45, 2.75) is 20.4 Å². The van der Waals surface area contributed by atoms with Crippen LogP contribution in [0.15, 0.2) is 35.1 Å². The van der Waals surface area contributed by atoms with Crippen molar-refractivity contribution in [2.24, 2.45) is 0 Å². The standard InChI is InChI=1S/C16H19BrN2O2/c1-4-21-15-8-12(5-6-14(15)20-3)9-18-13-7-11(2)16(17)19-10-13/h5-8,10,18H,4,9H2,1-3H3. The van der Waals surface area contributed by atoms with Gasteiger partial charge in [-0.25, -0.2) is 4.98 Å². The number of pyridine rings is 1. The van der Waals surface area contributed by atoms with Gasteiger partial charge in [-0.1, -0.05) is 6.07 Å². The van der Waals surface area contributed by atoms with Gasteiger partial charge in [0.25, 0.3) is 0 Å². The molecule has 0 amide bonds. The van der Waals surface area contributed by atoms with Crippen molar-refractivity contribution in [3.63, 3.8) is 0 Å². The largest absolute Gasteiger partial charge is 0.493 e. The zero-order valence-electron chi connectivity index (χ0n) is 12.4. The second-order valence-electron chi connectivity index (χ2n) is 4.60. The molecule has 0 saturated carbocycles. The van der Waals surface area contributed by atoms with Crippen LogP contribution in [0, 0.1) is 6.92 Å². The Morgan fingerprint density at radius 3 is 2.71 bits per heavy atom. The van der Waals surface area contributed by atoms with Crippen LogP contribution in [-0.2, 0) is 6.54 Å². The molecule has 0 aliphatic heterocycles. The van der Waals surface area contributed by atoms with Gasteiger partial charge in [-0.15, -0.1) is 0 Å². The first-order valence-corrected chi connectivity index (χ1v) is 7.59. The van der Waals surface area contributed by atoms with E-state index < -0.39 is 0 Å². The minimum atomic E-state index is 0.614. The lowest BCUT2D eigenvalue weighted by atomic mass is 10.2. The highest BCUT2D eigenvalue weighted by molar-refractivity contribution is 9.10. The lowest BCUT2D eigenvalue weighted by Crippen LogP contribution is -2.02. The molecule has 5 heteroatoms. The van der Waals surface area contributed by atoms with E-state index in [-0.39, 0.29) is 0 Å². The molecule has 0 atom stereocenters. The van der Waals surface area contributed by atoms with Crippen LogP contribution >= 0.6 is 15.9 Å². The van der Waals surface area contributed by atoms with Crippen LogP contribution < -0.4 is 14.8 Å². The van der Waals surface area contributed by atoms with E-state index >= 15 is 0 Å². The predicted molar refractivity (Wildman–Crippen MR) is 88.2 cm³/mol.